The van der Waals surface area contributed by atoms with Crippen molar-refractivity contribution in [3.63, 3.8) is 0 Å². The van der Waals surface area contributed by atoms with Crippen LogP contribution in [0, 0.1) is 5.92 Å². The average molecular weight is 274 g/mol. The van der Waals surface area contributed by atoms with Crippen molar-refractivity contribution in [1.29, 1.82) is 0 Å². The highest BCUT2D eigenvalue weighted by Crippen LogP contribution is 2.26. The van der Waals surface area contributed by atoms with Gasteiger partial charge in [-0.1, -0.05) is 38.1 Å². The number of carbonyl (C=O) groups excluding carboxylic acids is 1. The zero-order chi connectivity index (χ0) is 14.8. The molecule has 2 rings (SSSR count). The fraction of sp³-hybridized carbons (Fsp3) is 0.588. The Balaban J connectivity index is 1.90. The number of hydrogen-bond acceptors (Lipinski definition) is 2. The highest BCUT2D eigenvalue weighted by atomic mass is 16.2. The molecule has 3 heteroatoms. The van der Waals surface area contributed by atoms with Crippen LogP contribution in [0.25, 0.3) is 0 Å². The number of rotatable bonds is 4. The smallest absolute Gasteiger partial charge is 0.225 e. The van der Waals surface area contributed by atoms with Gasteiger partial charge >= 0.3 is 0 Å². The summed E-state index contributed by atoms with van der Waals surface area (Å²) in [6.07, 6.45) is 0.922. The van der Waals surface area contributed by atoms with Crippen LogP contribution in [0.15, 0.2) is 24.3 Å². The molecule has 1 aliphatic heterocycles. The second-order valence-electron chi connectivity index (χ2n) is 6.60. The van der Waals surface area contributed by atoms with Gasteiger partial charge in [-0.2, -0.15) is 0 Å². The molecule has 20 heavy (non-hydrogen) atoms. The standard InChI is InChI=1S/C17H26N2O/c1-12(2)14-7-5-13(6-8-14)11-18-16(20)15-9-10-19-17(15,3)4/h5-8,12,15,19H,9-11H2,1-4H3,(H,18,20). The molecule has 1 heterocycles. The van der Waals surface area contributed by atoms with Crippen LogP contribution in [-0.4, -0.2) is 18.0 Å². The summed E-state index contributed by atoms with van der Waals surface area (Å²) in [5.74, 6) is 0.773. The topological polar surface area (TPSA) is 41.1 Å². The first-order chi connectivity index (χ1) is 9.40. The Hall–Kier alpha value is -1.35. The average Bonchev–Trinajstić information content (AvgIpc) is 2.76. The van der Waals surface area contributed by atoms with Crippen LogP contribution >= 0.6 is 0 Å². The van der Waals surface area contributed by atoms with E-state index in [2.05, 4.69) is 62.6 Å². The lowest BCUT2D eigenvalue weighted by Gasteiger charge is -2.26. The van der Waals surface area contributed by atoms with Gasteiger partial charge in [0.2, 0.25) is 5.91 Å². The maximum absolute atomic E-state index is 12.3. The van der Waals surface area contributed by atoms with Gasteiger partial charge in [0.05, 0.1) is 5.92 Å². The number of hydrogen-bond donors (Lipinski definition) is 2. The molecule has 2 N–H and O–H groups in total. The van der Waals surface area contributed by atoms with Crippen LogP contribution in [0.2, 0.25) is 0 Å². The van der Waals surface area contributed by atoms with E-state index < -0.39 is 0 Å². The van der Waals surface area contributed by atoms with E-state index in [1.807, 2.05) is 0 Å². The molecule has 0 radical (unpaired) electrons. The molecule has 1 aromatic rings. The third-order valence-corrected chi connectivity index (χ3v) is 4.31. The van der Waals surface area contributed by atoms with E-state index in [0.717, 1.165) is 18.5 Å². The maximum atomic E-state index is 12.3. The Morgan fingerprint density at radius 3 is 2.50 bits per heavy atom. The van der Waals surface area contributed by atoms with Gasteiger partial charge in [-0.3, -0.25) is 4.79 Å². The Morgan fingerprint density at radius 2 is 2.00 bits per heavy atom. The van der Waals surface area contributed by atoms with Crippen molar-refractivity contribution >= 4 is 5.91 Å². The van der Waals surface area contributed by atoms with Gasteiger partial charge in [0.15, 0.2) is 0 Å². The van der Waals surface area contributed by atoms with Gasteiger partial charge in [0, 0.05) is 12.1 Å². The molecular weight excluding hydrogens is 248 g/mol. The van der Waals surface area contributed by atoms with Crippen LogP contribution < -0.4 is 10.6 Å². The molecule has 3 nitrogen and oxygen atoms in total. The molecule has 1 unspecified atom stereocenters. The molecule has 0 saturated carbocycles. The highest BCUT2D eigenvalue weighted by Gasteiger charge is 2.38. The lowest BCUT2D eigenvalue weighted by Crippen LogP contribution is -2.45. The quantitative estimate of drug-likeness (QED) is 0.886. The number of nitrogens with one attached hydrogen (secondary N) is 2. The third kappa shape index (κ3) is 3.40. The number of carbonyl (C=O) groups is 1. The SMILES string of the molecule is CC(C)c1ccc(CNC(=O)C2CCNC2(C)C)cc1. The largest absolute Gasteiger partial charge is 0.352 e. The van der Waals surface area contributed by atoms with Gasteiger partial charge in [-0.15, -0.1) is 0 Å². The van der Waals surface area contributed by atoms with E-state index in [1.165, 1.54) is 5.56 Å². The molecule has 1 saturated heterocycles. The molecule has 1 amide bonds. The van der Waals surface area contributed by atoms with Crippen molar-refractivity contribution in [2.24, 2.45) is 5.92 Å². The predicted molar refractivity (Wildman–Crippen MR) is 82.6 cm³/mol. The molecule has 1 aromatic carbocycles. The third-order valence-electron chi connectivity index (χ3n) is 4.31. The van der Waals surface area contributed by atoms with E-state index >= 15 is 0 Å². The zero-order valence-electron chi connectivity index (χ0n) is 13.0. The molecule has 1 atom stereocenters. The summed E-state index contributed by atoms with van der Waals surface area (Å²) in [6.45, 7) is 10.1. The van der Waals surface area contributed by atoms with Crippen molar-refractivity contribution < 1.29 is 4.79 Å². The minimum absolute atomic E-state index is 0.0671. The Bertz CT molecular complexity index is 462. The summed E-state index contributed by atoms with van der Waals surface area (Å²) >= 11 is 0. The molecule has 0 aliphatic carbocycles. The van der Waals surface area contributed by atoms with Crippen LogP contribution in [0.3, 0.4) is 0 Å². The molecule has 1 fully saturated rings. The second-order valence-corrected chi connectivity index (χ2v) is 6.60. The summed E-state index contributed by atoms with van der Waals surface area (Å²) in [5.41, 5.74) is 2.40. The van der Waals surface area contributed by atoms with Crippen molar-refractivity contribution in [2.45, 2.75) is 52.1 Å². The molecule has 0 aromatic heterocycles. The second kappa shape index (κ2) is 5.96. The van der Waals surface area contributed by atoms with Gasteiger partial charge in [0.25, 0.3) is 0 Å². The molecule has 1 aliphatic rings. The van der Waals surface area contributed by atoms with E-state index in [1.54, 1.807) is 0 Å². The van der Waals surface area contributed by atoms with Crippen LogP contribution in [0.4, 0.5) is 0 Å². The van der Waals surface area contributed by atoms with Crippen molar-refractivity contribution in [3.05, 3.63) is 35.4 Å². The minimum Gasteiger partial charge on any atom is -0.352 e. The highest BCUT2D eigenvalue weighted by molar-refractivity contribution is 5.80. The number of benzene rings is 1. The molecule has 110 valence electrons. The van der Waals surface area contributed by atoms with Crippen molar-refractivity contribution in [1.82, 2.24) is 10.6 Å². The fourth-order valence-electron chi connectivity index (χ4n) is 2.81. The summed E-state index contributed by atoms with van der Waals surface area (Å²) in [4.78, 5) is 12.3. The van der Waals surface area contributed by atoms with Crippen molar-refractivity contribution in [3.8, 4) is 0 Å². The zero-order valence-corrected chi connectivity index (χ0v) is 13.0. The molecule has 0 bridgehead atoms. The first-order valence-corrected chi connectivity index (χ1v) is 7.52. The maximum Gasteiger partial charge on any atom is 0.225 e. The first kappa shape index (κ1) is 15.0. The summed E-state index contributed by atoms with van der Waals surface area (Å²) < 4.78 is 0. The van der Waals surface area contributed by atoms with Gasteiger partial charge in [0.1, 0.15) is 0 Å². The van der Waals surface area contributed by atoms with E-state index in [9.17, 15) is 4.79 Å². The monoisotopic (exact) mass is 274 g/mol. The van der Waals surface area contributed by atoms with E-state index in [0.29, 0.717) is 12.5 Å². The lowest BCUT2D eigenvalue weighted by molar-refractivity contribution is -0.126. The van der Waals surface area contributed by atoms with E-state index in [-0.39, 0.29) is 17.4 Å². The number of amides is 1. The summed E-state index contributed by atoms with van der Waals surface area (Å²) in [6, 6.07) is 8.50. The lowest BCUT2D eigenvalue weighted by atomic mass is 9.88. The minimum atomic E-state index is -0.0917. The van der Waals surface area contributed by atoms with E-state index in [4.69, 9.17) is 0 Å². The summed E-state index contributed by atoms with van der Waals surface area (Å²) in [5, 5.41) is 6.45. The van der Waals surface area contributed by atoms with Crippen LogP contribution in [-0.2, 0) is 11.3 Å². The Labute approximate surface area is 122 Å². The van der Waals surface area contributed by atoms with Gasteiger partial charge in [-0.25, -0.2) is 0 Å². The predicted octanol–water partition coefficient (Wildman–Crippen LogP) is 2.81. The summed E-state index contributed by atoms with van der Waals surface area (Å²) in [7, 11) is 0. The van der Waals surface area contributed by atoms with Crippen molar-refractivity contribution in [2.75, 3.05) is 6.54 Å². The van der Waals surface area contributed by atoms with Gasteiger partial charge in [-0.05, 0) is 43.9 Å². The Kier molecular flexibility index (Phi) is 4.48. The fourth-order valence-corrected chi connectivity index (χ4v) is 2.81. The van der Waals surface area contributed by atoms with Crippen LogP contribution in [0.1, 0.15) is 51.2 Å². The van der Waals surface area contributed by atoms with Crippen LogP contribution in [0.5, 0.6) is 0 Å². The van der Waals surface area contributed by atoms with Gasteiger partial charge < -0.3 is 10.6 Å². The molecule has 0 spiro atoms. The molecular formula is C17H26N2O. The first-order valence-electron chi connectivity index (χ1n) is 7.52. The Morgan fingerprint density at radius 1 is 1.35 bits per heavy atom. The normalized spacial score (nSPS) is 21.1.